The van der Waals surface area contributed by atoms with Gasteiger partial charge in [-0.2, -0.15) is 0 Å². The number of piperidine rings is 1. The first-order valence-corrected chi connectivity index (χ1v) is 8.56. The molecule has 0 bridgehead atoms. The summed E-state index contributed by atoms with van der Waals surface area (Å²) in [6.07, 6.45) is 9.17. The van der Waals surface area contributed by atoms with Gasteiger partial charge in [-0.25, -0.2) is 4.98 Å². The summed E-state index contributed by atoms with van der Waals surface area (Å²) in [7, 11) is 0. The van der Waals surface area contributed by atoms with Gasteiger partial charge in [0.15, 0.2) is 4.96 Å². The van der Waals surface area contributed by atoms with Crippen molar-refractivity contribution < 1.29 is 0 Å². The number of thiazole rings is 1. The SMILES string of the molecule is CC(CN1CCCCC1)NCCc1csc2nccn12. The maximum Gasteiger partial charge on any atom is 0.193 e. The molecule has 0 aliphatic carbocycles. The quantitative estimate of drug-likeness (QED) is 0.887. The van der Waals surface area contributed by atoms with E-state index in [4.69, 9.17) is 0 Å². The van der Waals surface area contributed by atoms with Gasteiger partial charge in [0.2, 0.25) is 0 Å². The number of fused-ring (bicyclic) bond motifs is 1. The molecule has 3 heterocycles. The fourth-order valence-electron chi connectivity index (χ4n) is 2.99. The highest BCUT2D eigenvalue weighted by Gasteiger charge is 2.13. The highest BCUT2D eigenvalue weighted by Crippen LogP contribution is 2.14. The molecule has 1 fully saturated rings. The smallest absolute Gasteiger partial charge is 0.193 e. The maximum absolute atomic E-state index is 4.31. The first-order chi connectivity index (χ1) is 9.83. The normalized spacial score (nSPS) is 18.6. The average Bonchev–Trinajstić information content (AvgIpc) is 3.04. The minimum atomic E-state index is 0.574. The minimum absolute atomic E-state index is 0.574. The van der Waals surface area contributed by atoms with Crippen molar-refractivity contribution >= 4 is 16.3 Å². The third-order valence-corrected chi connectivity index (χ3v) is 4.97. The molecule has 0 spiro atoms. The van der Waals surface area contributed by atoms with Crippen molar-refractivity contribution in [2.75, 3.05) is 26.2 Å². The predicted molar refractivity (Wildman–Crippen MR) is 84.5 cm³/mol. The Bertz CT molecular complexity index is 527. The van der Waals surface area contributed by atoms with Crippen LogP contribution in [0.3, 0.4) is 0 Å². The molecular formula is C15H24N4S. The Morgan fingerprint density at radius 1 is 1.35 bits per heavy atom. The van der Waals surface area contributed by atoms with Crippen LogP contribution in [0.1, 0.15) is 31.9 Å². The van der Waals surface area contributed by atoms with Gasteiger partial charge in [-0.05, 0) is 32.9 Å². The van der Waals surface area contributed by atoms with Gasteiger partial charge in [0.1, 0.15) is 0 Å². The highest BCUT2D eigenvalue weighted by atomic mass is 32.1. The second-order valence-corrected chi connectivity index (χ2v) is 6.61. The lowest BCUT2D eigenvalue weighted by Crippen LogP contribution is -2.42. The van der Waals surface area contributed by atoms with Crippen LogP contribution in [0.15, 0.2) is 17.8 Å². The highest BCUT2D eigenvalue weighted by molar-refractivity contribution is 7.15. The molecule has 1 unspecified atom stereocenters. The number of hydrogen-bond donors (Lipinski definition) is 1. The van der Waals surface area contributed by atoms with Gasteiger partial charge in [0.25, 0.3) is 0 Å². The molecule has 110 valence electrons. The molecule has 1 aliphatic rings. The Morgan fingerprint density at radius 2 is 2.20 bits per heavy atom. The lowest BCUT2D eigenvalue weighted by molar-refractivity contribution is 0.209. The van der Waals surface area contributed by atoms with Crippen molar-refractivity contribution in [3.63, 3.8) is 0 Å². The third kappa shape index (κ3) is 3.40. The largest absolute Gasteiger partial charge is 0.313 e. The van der Waals surface area contributed by atoms with E-state index in [0.717, 1.165) is 17.9 Å². The van der Waals surface area contributed by atoms with Crippen LogP contribution in [0.2, 0.25) is 0 Å². The molecule has 3 rings (SSSR count). The topological polar surface area (TPSA) is 32.6 Å². The molecule has 0 aromatic carbocycles. The van der Waals surface area contributed by atoms with E-state index in [1.807, 2.05) is 6.20 Å². The standard InChI is InChI=1S/C15H24N4S/c1-13(11-18-8-3-2-4-9-18)16-6-5-14-12-20-15-17-7-10-19(14)15/h7,10,12-13,16H,2-6,8-9,11H2,1H3. The third-order valence-electron chi connectivity index (χ3n) is 4.07. The fraction of sp³-hybridized carbons (Fsp3) is 0.667. The van der Waals surface area contributed by atoms with Gasteiger partial charge in [-0.1, -0.05) is 6.42 Å². The zero-order chi connectivity index (χ0) is 13.8. The molecule has 2 aromatic rings. The Morgan fingerprint density at radius 3 is 3.05 bits per heavy atom. The maximum atomic E-state index is 4.31. The number of likely N-dealkylation sites (tertiary alicyclic amines) is 1. The number of imidazole rings is 1. The summed E-state index contributed by atoms with van der Waals surface area (Å²) in [5, 5.41) is 5.88. The summed E-state index contributed by atoms with van der Waals surface area (Å²) in [6.45, 7) is 7.09. The van der Waals surface area contributed by atoms with Crippen LogP contribution >= 0.6 is 11.3 Å². The number of hydrogen-bond acceptors (Lipinski definition) is 4. The van der Waals surface area contributed by atoms with E-state index in [0.29, 0.717) is 6.04 Å². The Kier molecular flexibility index (Phi) is 4.70. The molecular weight excluding hydrogens is 268 g/mol. The summed E-state index contributed by atoms with van der Waals surface area (Å²) < 4.78 is 2.20. The van der Waals surface area contributed by atoms with E-state index in [9.17, 15) is 0 Å². The van der Waals surface area contributed by atoms with Crippen LogP contribution in [-0.2, 0) is 6.42 Å². The summed E-state index contributed by atoms with van der Waals surface area (Å²) in [4.78, 5) is 8.01. The molecule has 2 aromatic heterocycles. The summed E-state index contributed by atoms with van der Waals surface area (Å²) in [5.74, 6) is 0. The summed E-state index contributed by atoms with van der Waals surface area (Å²) in [6, 6.07) is 0.574. The van der Waals surface area contributed by atoms with E-state index in [-0.39, 0.29) is 0 Å². The van der Waals surface area contributed by atoms with Crippen molar-refractivity contribution in [2.45, 2.75) is 38.6 Å². The monoisotopic (exact) mass is 292 g/mol. The second kappa shape index (κ2) is 6.70. The first-order valence-electron chi connectivity index (χ1n) is 7.68. The molecule has 0 saturated carbocycles. The number of nitrogens with one attached hydrogen (secondary N) is 1. The van der Waals surface area contributed by atoms with Crippen molar-refractivity contribution in [3.8, 4) is 0 Å². The van der Waals surface area contributed by atoms with E-state index in [1.54, 1.807) is 11.3 Å². The molecule has 1 saturated heterocycles. The van der Waals surface area contributed by atoms with Gasteiger partial charge in [0, 0.05) is 49.0 Å². The number of nitrogens with zero attached hydrogens (tertiary/aromatic N) is 3. The Labute approximate surface area is 124 Å². The van der Waals surface area contributed by atoms with Gasteiger partial charge < -0.3 is 10.2 Å². The average molecular weight is 292 g/mol. The van der Waals surface area contributed by atoms with Crippen LogP contribution in [0.5, 0.6) is 0 Å². The minimum Gasteiger partial charge on any atom is -0.313 e. The molecule has 5 heteroatoms. The van der Waals surface area contributed by atoms with Crippen LogP contribution in [0.4, 0.5) is 0 Å². The first kappa shape index (κ1) is 14.0. The van der Waals surface area contributed by atoms with Gasteiger partial charge >= 0.3 is 0 Å². The molecule has 4 nitrogen and oxygen atoms in total. The molecule has 0 radical (unpaired) electrons. The second-order valence-electron chi connectivity index (χ2n) is 5.77. The zero-order valence-corrected chi connectivity index (χ0v) is 13.0. The van der Waals surface area contributed by atoms with Crippen molar-refractivity contribution in [2.24, 2.45) is 0 Å². The van der Waals surface area contributed by atoms with E-state index >= 15 is 0 Å². The number of aromatic nitrogens is 2. The van der Waals surface area contributed by atoms with Crippen LogP contribution in [0.25, 0.3) is 4.96 Å². The lowest BCUT2D eigenvalue weighted by atomic mass is 10.1. The molecule has 1 atom stereocenters. The Hall–Kier alpha value is -0.910. The molecule has 1 aliphatic heterocycles. The van der Waals surface area contributed by atoms with Crippen LogP contribution in [0, 0.1) is 0 Å². The lowest BCUT2D eigenvalue weighted by Gasteiger charge is -2.29. The van der Waals surface area contributed by atoms with Crippen LogP contribution < -0.4 is 5.32 Å². The van der Waals surface area contributed by atoms with Crippen molar-refractivity contribution in [1.29, 1.82) is 0 Å². The van der Waals surface area contributed by atoms with E-state index < -0.39 is 0 Å². The number of rotatable bonds is 6. The molecule has 20 heavy (non-hydrogen) atoms. The Balaban J connectivity index is 1.41. The van der Waals surface area contributed by atoms with Crippen molar-refractivity contribution in [1.82, 2.24) is 19.6 Å². The van der Waals surface area contributed by atoms with E-state index in [2.05, 4.69) is 38.1 Å². The van der Waals surface area contributed by atoms with Gasteiger partial charge in [-0.15, -0.1) is 11.3 Å². The zero-order valence-electron chi connectivity index (χ0n) is 12.2. The van der Waals surface area contributed by atoms with E-state index in [1.165, 1.54) is 44.6 Å². The van der Waals surface area contributed by atoms with Gasteiger partial charge in [-0.3, -0.25) is 4.40 Å². The summed E-state index contributed by atoms with van der Waals surface area (Å²) >= 11 is 1.72. The molecule has 1 N–H and O–H groups in total. The molecule has 0 amide bonds. The van der Waals surface area contributed by atoms with Crippen LogP contribution in [-0.4, -0.2) is 46.5 Å². The van der Waals surface area contributed by atoms with Crippen molar-refractivity contribution in [3.05, 3.63) is 23.5 Å². The fourth-order valence-corrected chi connectivity index (χ4v) is 3.88. The summed E-state index contributed by atoms with van der Waals surface area (Å²) in [5.41, 5.74) is 1.36. The van der Waals surface area contributed by atoms with Gasteiger partial charge in [0.05, 0.1) is 0 Å². The predicted octanol–water partition coefficient (Wildman–Crippen LogP) is 2.40.